The molecule has 3 N–H and O–H groups in total. The van der Waals surface area contributed by atoms with Crippen LogP contribution in [0.1, 0.15) is 19.8 Å². The molecule has 0 aromatic carbocycles. The number of sulfonamides is 1. The van der Waals surface area contributed by atoms with Gasteiger partial charge in [0.1, 0.15) is 0 Å². The average molecular weight is 301 g/mol. The van der Waals surface area contributed by atoms with Crippen LogP contribution in [0.5, 0.6) is 0 Å². The third-order valence-corrected chi connectivity index (χ3v) is 5.11. The number of anilines is 1. The van der Waals surface area contributed by atoms with Gasteiger partial charge in [0.25, 0.3) is 10.0 Å². The molecule has 0 amide bonds. The Labute approximate surface area is 120 Å². The second-order valence-electron chi connectivity index (χ2n) is 5.51. The number of aromatic nitrogens is 2. The van der Waals surface area contributed by atoms with Crippen LogP contribution in [0.25, 0.3) is 0 Å². The molecule has 0 saturated carbocycles. The van der Waals surface area contributed by atoms with Crippen molar-refractivity contribution in [2.24, 2.45) is 13.0 Å². The van der Waals surface area contributed by atoms with Crippen molar-refractivity contribution in [3.8, 4) is 0 Å². The van der Waals surface area contributed by atoms with E-state index in [9.17, 15) is 8.42 Å². The van der Waals surface area contributed by atoms with Gasteiger partial charge in [-0.25, -0.2) is 18.1 Å². The Balaban J connectivity index is 1.92. The van der Waals surface area contributed by atoms with E-state index in [0.29, 0.717) is 6.54 Å². The molecule has 114 valence electrons. The van der Waals surface area contributed by atoms with E-state index in [1.165, 1.54) is 23.7 Å². The van der Waals surface area contributed by atoms with Gasteiger partial charge in [-0.1, -0.05) is 6.92 Å². The Morgan fingerprint density at radius 3 is 2.65 bits per heavy atom. The van der Waals surface area contributed by atoms with E-state index >= 15 is 0 Å². The second-order valence-corrected chi connectivity index (χ2v) is 7.19. The highest BCUT2D eigenvalue weighted by Crippen LogP contribution is 2.15. The van der Waals surface area contributed by atoms with Gasteiger partial charge in [0.05, 0.1) is 6.33 Å². The molecule has 1 aliphatic heterocycles. The number of hydrogen-bond donors (Lipinski definition) is 2. The van der Waals surface area contributed by atoms with Crippen LogP contribution >= 0.6 is 0 Å². The normalized spacial score (nSPS) is 18.5. The van der Waals surface area contributed by atoms with Gasteiger partial charge in [-0.2, -0.15) is 0 Å². The first-order chi connectivity index (χ1) is 9.40. The first-order valence-electron chi connectivity index (χ1n) is 6.89. The Morgan fingerprint density at radius 1 is 1.45 bits per heavy atom. The van der Waals surface area contributed by atoms with Crippen LogP contribution in [0.4, 0.5) is 5.82 Å². The number of nitrogen functional groups attached to an aromatic ring is 1. The van der Waals surface area contributed by atoms with Gasteiger partial charge in [0.15, 0.2) is 10.8 Å². The van der Waals surface area contributed by atoms with Crippen molar-refractivity contribution in [3.63, 3.8) is 0 Å². The molecule has 20 heavy (non-hydrogen) atoms. The number of rotatable bonds is 6. The second kappa shape index (κ2) is 6.11. The monoisotopic (exact) mass is 301 g/mol. The van der Waals surface area contributed by atoms with Crippen molar-refractivity contribution in [3.05, 3.63) is 6.33 Å². The fourth-order valence-corrected chi connectivity index (χ4v) is 3.95. The van der Waals surface area contributed by atoms with Gasteiger partial charge in [0, 0.05) is 20.1 Å². The standard InChI is InChI=1S/C12H23N5O2S/c1-10(8-17-5-3-4-6-17)7-15-20(18,19)12-11(13)14-9-16(12)2/h9-10,15H,3-8,13H2,1-2H3. The molecule has 1 aromatic heterocycles. The zero-order valence-corrected chi connectivity index (χ0v) is 12.9. The van der Waals surface area contributed by atoms with E-state index in [1.54, 1.807) is 7.05 Å². The summed E-state index contributed by atoms with van der Waals surface area (Å²) in [6.07, 6.45) is 3.88. The van der Waals surface area contributed by atoms with Crippen LogP contribution in [0.2, 0.25) is 0 Å². The van der Waals surface area contributed by atoms with Gasteiger partial charge in [0.2, 0.25) is 0 Å². The number of nitrogens with zero attached hydrogens (tertiary/aromatic N) is 3. The molecule has 0 bridgehead atoms. The van der Waals surface area contributed by atoms with E-state index < -0.39 is 10.0 Å². The van der Waals surface area contributed by atoms with Crippen LogP contribution in [-0.4, -0.2) is 49.0 Å². The molecular formula is C12H23N5O2S. The van der Waals surface area contributed by atoms with Crippen LogP contribution in [0.15, 0.2) is 11.4 Å². The summed E-state index contributed by atoms with van der Waals surface area (Å²) in [6, 6.07) is 0. The number of nitrogens with one attached hydrogen (secondary N) is 1. The Hall–Kier alpha value is -1.12. The SMILES string of the molecule is CC(CNS(=O)(=O)c1c(N)ncn1C)CN1CCCC1. The quantitative estimate of drug-likeness (QED) is 0.772. The third kappa shape index (κ3) is 3.50. The van der Waals surface area contributed by atoms with E-state index in [1.807, 2.05) is 6.92 Å². The van der Waals surface area contributed by atoms with Crippen LogP contribution in [0.3, 0.4) is 0 Å². The largest absolute Gasteiger partial charge is 0.381 e. The lowest BCUT2D eigenvalue weighted by molar-refractivity contribution is 0.288. The Bertz CT molecular complexity index is 529. The lowest BCUT2D eigenvalue weighted by atomic mass is 10.2. The number of nitrogens with two attached hydrogens (primary N) is 1. The molecule has 1 aromatic rings. The summed E-state index contributed by atoms with van der Waals surface area (Å²) in [5, 5.41) is 0.0332. The molecular weight excluding hydrogens is 278 g/mol. The van der Waals surface area contributed by atoms with Gasteiger partial charge < -0.3 is 15.2 Å². The molecule has 8 heteroatoms. The highest BCUT2D eigenvalue weighted by atomic mass is 32.2. The van der Waals surface area contributed by atoms with Crippen molar-refractivity contribution >= 4 is 15.8 Å². The average Bonchev–Trinajstić information content (AvgIpc) is 2.97. The number of likely N-dealkylation sites (tertiary alicyclic amines) is 1. The summed E-state index contributed by atoms with van der Waals surface area (Å²) in [5.74, 6) is 0.296. The summed E-state index contributed by atoms with van der Waals surface area (Å²) >= 11 is 0. The van der Waals surface area contributed by atoms with E-state index in [2.05, 4.69) is 14.6 Å². The molecule has 1 unspecified atom stereocenters. The maximum atomic E-state index is 12.2. The van der Waals surface area contributed by atoms with Crippen molar-refractivity contribution in [1.29, 1.82) is 0 Å². The highest BCUT2D eigenvalue weighted by Gasteiger charge is 2.23. The summed E-state index contributed by atoms with van der Waals surface area (Å²) in [6.45, 7) is 5.61. The highest BCUT2D eigenvalue weighted by molar-refractivity contribution is 7.89. The fraction of sp³-hybridized carbons (Fsp3) is 0.750. The van der Waals surface area contributed by atoms with Crippen molar-refractivity contribution < 1.29 is 8.42 Å². The molecule has 2 heterocycles. The van der Waals surface area contributed by atoms with Gasteiger partial charge >= 0.3 is 0 Å². The molecule has 1 aliphatic rings. The predicted octanol–water partition coefficient (Wildman–Crippen LogP) is 0.0125. The third-order valence-electron chi connectivity index (χ3n) is 3.55. The first kappa shape index (κ1) is 15.3. The number of hydrogen-bond acceptors (Lipinski definition) is 5. The summed E-state index contributed by atoms with van der Waals surface area (Å²) < 4.78 is 28.5. The maximum absolute atomic E-state index is 12.2. The number of imidazole rings is 1. The van der Waals surface area contributed by atoms with Crippen molar-refractivity contribution in [1.82, 2.24) is 19.2 Å². The molecule has 7 nitrogen and oxygen atoms in total. The molecule has 0 radical (unpaired) electrons. The summed E-state index contributed by atoms with van der Waals surface area (Å²) in [4.78, 5) is 6.18. The zero-order valence-electron chi connectivity index (χ0n) is 12.0. The smallest absolute Gasteiger partial charge is 0.260 e. The molecule has 0 aliphatic carbocycles. The van der Waals surface area contributed by atoms with Crippen molar-refractivity contribution in [2.45, 2.75) is 24.8 Å². The summed E-state index contributed by atoms with van der Waals surface area (Å²) in [5.41, 5.74) is 5.61. The summed E-state index contributed by atoms with van der Waals surface area (Å²) in [7, 11) is -1.98. The predicted molar refractivity (Wildman–Crippen MR) is 77.6 cm³/mol. The Kier molecular flexibility index (Phi) is 4.66. The van der Waals surface area contributed by atoms with E-state index in [4.69, 9.17) is 5.73 Å². The van der Waals surface area contributed by atoms with Gasteiger partial charge in [-0.05, 0) is 31.8 Å². The molecule has 1 saturated heterocycles. The minimum Gasteiger partial charge on any atom is -0.381 e. The van der Waals surface area contributed by atoms with Crippen LogP contribution in [0, 0.1) is 5.92 Å². The minimum atomic E-state index is -3.60. The lowest BCUT2D eigenvalue weighted by Gasteiger charge is -2.20. The fourth-order valence-electron chi connectivity index (χ4n) is 2.56. The van der Waals surface area contributed by atoms with E-state index in [-0.39, 0.29) is 16.8 Å². The van der Waals surface area contributed by atoms with Crippen LogP contribution in [-0.2, 0) is 17.1 Å². The van der Waals surface area contributed by atoms with E-state index in [0.717, 1.165) is 19.6 Å². The first-order valence-corrected chi connectivity index (χ1v) is 8.37. The zero-order chi connectivity index (χ0) is 14.8. The lowest BCUT2D eigenvalue weighted by Crippen LogP contribution is -2.35. The number of aryl methyl sites for hydroxylation is 1. The van der Waals surface area contributed by atoms with Gasteiger partial charge in [-0.3, -0.25) is 0 Å². The molecule has 1 atom stereocenters. The molecule has 0 spiro atoms. The molecule has 1 fully saturated rings. The van der Waals surface area contributed by atoms with Crippen LogP contribution < -0.4 is 10.5 Å². The Morgan fingerprint density at radius 2 is 2.10 bits per heavy atom. The maximum Gasteiger partial charge on any atom is 0.260 e. The van der Waals surface area contributed by atoms with Gasteiger partial charge in [-0.15, -0.1) is 0 Å². The minimum absolute atomic E-state index is 0.0332. The topological polar surface area (TPSA) is 93.2 Å². The molecule has 2 rings (SSSR count). The van der Waals surface area contributed by atoms with Crippen molar-refractivity contribution in [2.75, 3.05) is 31.9 Å².